The van der Waals surface area contributed by atoms with Crippen molar-refractivity contribution in [3.63, 3.8) is 0 Å². The Bertz CT molecular complexity index is 342. The molecule has 0 aliphatic carbocycles. The van der Waals surface area contributed by atoms with Crippen LogP contribution >= 0.6 is 0 Å². The van der Waals surface area contributed by atoms with Gasteiger partial charge in [-0.1, -0.05) is 35.5 Å². The van der Waals surface area contributed by atoms with Gasteiger partial charge >= 0.3 is 0 Å². The second-order valence-corrected chi connectivity index (χ2v) is 4.20. The molecule has 16 heavy (non-hydrogen) atoms. The van der Waals surface area contributed by atoms with Crippen molar-refractivity contribution in [3.8, 4) is 0 Å². The fraction of sp³-hybridized carbons (Fsp3) is 0.417. The van der Waals surface area contributed by atoms with E-state index in [0.29, 0.717) is 12.6 Å². The highest BCUT2D eigenvalue weighted by molar-refractivity contribution is 6.06. The molecule has 1 aromatic rings. The van der Waals surface area contributed by atoms with E-state index in [4.69, 9.17) is 4.84 Å². The van der Waals surface area contributed by atoms with Crippen LogP contribution in [0.15, 0.2) is 35.5 Å². The molecular weight excluding hydrogens is 199 g/mol. The van der Waals surface area contributed by atoms with Gasteiger partial charge in [-0.25, -0.2) is 0 Å². The van der Waals surface area contributed by atoms with Crippen molar-refractivity contribution in [1.82, 2.24) is 4.81 Å². The van der Waals surface area contributed by atoms with E-state index in [1.54, 1.807) is 0 Å². The Kier molecular flexibility index (Phi) is 4.00. The van der Waals surface area contributed by atoms with Crippen molar-refractivity contribution in [1.29, 1.82) is 0 Å². The fourth-order valence-electron chi connectivity index (χ4n) is 1.92. The van der Waals surface area contributed by atoms with Crippen LogP contribution in [-0.2, 0) is 11.4 Å². The van der Waals surface area contributed by atoms with Gasteiger partial charge in [0.1, 0.15) is 6.61 Å². The molecule has 1 aliphatic rings. The van der Waals surface area contributed by atoms with E-state index >= 15 is 0 Å². The minimum atomic E-state index is 0.454. The first-order valence-corrected chi connectivity index (χ1v) is 5.76. The van der Waals surface area contributed by atoms with Gasteiger partial charge in [0, 0.05) is 6.04 Å². The first kappa shape index (κ1) is 11.2. The molecule has 1 aromatic carbocycles. The Morgan fingerprint density at radius 2 is 2.25 bits per heavy atom. The summed E-state index contributed by atoms with van der Waals surface area (Å²) in [5, 5.41) is 4.03. The highest BCUT2D eigenvalue weighted by Gasteiger charge is 2.18. The van der Waals surface area contributed by atoms with E-state index < -0.39 is 0 Å². The topological polar surface area (TPSA) is 24.8 Å². The van der Waals surface area contributed by atoms with Gasteiger partial charge in [0.25, 0.3) is 0 Å². The normalized spacial score (nSPS) is 21.6. The maximum Gasteiger partial charge on any atom is 0.186 e. The van der Waals surface area contributed by atoms with Crippen LogP contribution in [-0.4, -0.2) is 31.6 Å². The zero-order chi connectivity index (χ0) is 11.2. The zero-order valence-corrected chi connectivity index (χ0v) is 9.67. The summed E-state index contributed by atoms with van der Waals surface area (Å²) in [5.74, 6) is 0. The predicted molar refractivity (Wildman–Crippen MR) is 68.0 cm³/mol. The second kappa shape index (κ2) is 5.70. The summed E-state index contributed by atoms with van der Waals surface area (Å²) in [6, 6.07) is 10.5. The molecule has 1 fully saturated rings. The molecule has 0 saturated carbocycles. The molecule has 1 aliphatic heterocycles. The van der Waals surface area contributed by atoms with Gasteiger partial charge in [0.2, 0.25) is 0 Å². The lowest BCUT2D eigenvalue weighted by Crippen LogP contribution is -2.27. The van der Waals surface area contributed by atoms with Crippen LogP contribution in [0.1, 0.15) is 18.4 Å². The number of nitrogens with zero attached hydrogens (tertiary/aromatic N) is 2. The Balaban J connectivity index is 1.73. The van der Waals surface area contributed by atoms with Crippen LogP contribution < -0.4 is 0 Å². The van der Waals surface area contributed by atoms with Crippen molar-refractivity contribution in [3.05, 3.63) is 35.9 Å². The zero-order valence-electron chi connectivity index (χ0n) is 9.67. The Labute approximate surface area is 97.5 Å². The largest absolute Gasteiger partial charge is 0.391 e. The monoisotopic (exact) mass is 216 g/mol. The molecule has 0 amide bonds. The third-order valence-corrected chi connectivity index (χ3v) is 2.96. The first-order chi connectivity index (χ1) is 7.86. The number of hydrogen-bond donors (Lipinski definition) is 0. The van der Waals surface area contributed by atoms with Gasteiger partial charge in [0.05, 0.1) is 6.21 Å². The SMILES string of the molecule is BN1CCCC1C=NOCc1ccccc1. The lowest BCUT2D eigenvalue weighted by atomic mass is 10.2. The lowest BCUT2D eigenvalue weighted by Gasteiger charge is -2.13. The van der Waals surface area contributed by atoms with Crippen LogP contribution in [0.5, 0.6) is 0 Å². The average Bonchev–Trinajstić information content (AvgIpc) is 2.72. The summed E-state index contributed by atoms with van der Waals surface area (Å²) in [7, 11) is 2.13. The minimum Gasteiger partial charge on any atom is -0.391 e. The summed E-state index contributed by atoms with van der Waals surface area (Å²) in [6.45, 7) is 1.71. The summed E-state index contributed by atoms with van der Waals surface area (Å²) in [5.41, 5.74) is 1.15. The van der Waals surface area contributed by atoms with Gasteiger partial charge in [0.15, 0.2) is 7.98 Å². The lowest BCUT2D eigenvalue weighted by molar-refractivity contribution is 0.130. The molecule has 3 nitrogen and oxygen atoms in total. The molecule has 0 bridgehead atoms. The van der Waals surface area contributed by atoms with Crippen molar-refractivity contribution in [2.24, 2.45) is 5.16 Å². The molecule has 0 N–H and O–H groups in total. The van der Waals surface area contributed by atoms with E-state index in [0.717, 1.165) is 12.1 Å². The third kappa shape index (κ3) is 3.10. The molecule has 4 heteroatoms. The molecule has 84 valence electrons. The summed E-state index contributed by atoms with van der Waals surface area (Å²) in [6.07, 6.45) is 4.36. The molecule has 0 spiro atoms. The first-order valence-electron chi connectivity index (χ1n) is 5.76. The molecule has 2 rings (SSSR count). The Morgan fingerprint density at radius 1 is 1.44 bits per heavy atom. The highest BCUT2D eigenvalue weighted by Crippen LogP contribution is 2.12. The van der Waals surface area contributed by atoms with E-state index in [9.17, 15) is 0 Å². The predicted octanol–water partition coefficient (Wildman–Crippen LogP) is 1.20. The maximum absolute atomic E-state index is 5.27. The highest BCUT2D eigenvalue weighted by atomic mass is 16.6. The van der Waals surface area contributed by atoms with Crippen LogP contribution in [0.25, 0.3) is 0 Å². The van der Waals surface area contributed by atoms with Crippen molar-refractivity contribution >= 4 is 14.2 Å². The van der Waals surface area contributed by atoms with Gasteiger partial charge in [-0.15, -0.1) is 0 Å². The van der Waals surface area contributed by atoms with E-state index in [2.05, 4.69) is 17.9 Å². The van der Waals surface area contributed by atoms with Crippen molar-refractivity contribution < 1.29 is 4.84 Å². The molecule has 1 heterocycles. The maximum atomic E-state index is 5.27. The van der Waals surface area contributed by atoms with Crippen LogP contribution in [0.4, 0.5) is 0 Å². The van der Waals surface area contributed by atoms with Gasteiger partial charge in [-0.3, -0.25) is 0 Å². The smallest absolute Gasteiger partial charge is 0.186 e. The van der Waals surface area contributed by atoms with Gasteiger partial charge in [-0.05, 0) is 24.9 Å². The molecule has 1 unspecified atom stereocenters. The molecule has 1 saturated heterocycles. The number of benzene rings is 1. The summed E-state index contributed by atoms with van der Waals surface area (Å²) >= 11 is 0. The molecule has 1 atom stereocenters. The van der Waals surface area contributed by atoms with E-state index in [1.165, 1.54) is 12.8 Å². The van der Waals surface area contributed by atoms with Crippen molar-refractivity contribution in [2.45, 2.75) is 25.5 Å². The van der Waals surface area contributed by atoms with E-state index in [-0.39, 0.29) is 0 Å². The number of hydrogen-bond acceptors (Lipinski definition) is 3. The number of oxime groups is 1. The van der Waals surface area contributed by atoms with Crippen LogP contribution in [0.2, 0.25) is 0 Å². The second-order valence-electron chi connectivity index (χ2n) is 4.20. The minimum absolute atomic E-state index is 0.454. The molecule has 0 radical (unpaired) electrons. The average molecular weight is 216 g/mol. The standard InChI is InChI=1S/C12H17BN2O/c13-15-8-4-7-12(15)9-14-16-10-11-5-2-1-3-6-11/h1-3,5-6,9,12H,4,7-8,10,13H2. The van der Waals surface area contributed by atoms with Gasteiger partial charge < -0.3 is 9.65 Å². The number of rotatable bonds is 4. The Hall–Kier alpha value is -1.29. The van der Waals surface area contributed by atoms with Crippen molar-refractivity contribution in [2.75, 3.05) is 6.54 Å². The fourth-order valence-corrected chi connectivity index (χ4v) is 1.92. The molecule has 0 aromatic heterocycles. The quantitative estimate of drug-likeness (QED) is 0.429. The Morgan fingerprint density at radius 3 is 2.94 bits per heavy atom. The van der Waals surface area contributed by atoms with E-state index in [1.807, 2.05) is 36.5 Å². The summed E-state index contributed by atoms with van der Waals surface area (Å²) in [4.78, 5) is 7.57. The third-order valence-electron chi connectivity index (χ3n) is 2.96. The molecular formula is C12H17BN2O. The van der Waals surface area contributed by atoms with Crippen LogP contribution in [0, 0.1) is 0 Å². The van der Waals surface area contributed by atoms with Crippen LogP contribution in [0.3, 0.4) is 0 Å². The van der Waals surface area contributed by atoms with Gasteiger partial charge in [-0.2, -0.15) is 0 Å². The summed E-state index contributed by atoms with van der Waals surface area (Å²) < 4.78 is 0.